The Morgan fingerprint density at radius 2 is 1.76 bits per heavy atom. The number of aromatic nitrogens is 1. The number of nitro groups is 1. The number of hydrogen-bond donors (Lipinski definition) is 2. The highest BCUT2D eigenvalue weighted by Gasteiger charge is 2.18. The van der Waals surface area contributed by atoms with E-state index in [1.54, 1.807) is 54.9 Å². The highest BCUT2D eigenvalue weighted by molar-refractivity contribution is 5.94. The van der Waals surface area contributed by atoms with Gasteiger partial charge in [-0.25, -0.2) is 0 Å². The monoisotopic (exact) mass is 334 g/mol. The number of hydrogen-bond acceptors (Lipinski definition) is 5. The fraction of sp³-hybridized carbons (Fsp3) is 0. The molecule has 2 N–H and O–H groups in total. The van der Waals surface area contributed by atoms with Gasteiger partial charge in [0.15, 0.2) is 0 Å². The third-order valence-electron chi connectivity index (χ3n) is 3.70. The normalized spacial score (nSPS) is 11.3. The number of para-hydroxylation sites is 1. The van der Waals surface area contributed by atoms with Crippen LogP contribution in [0, 0.1) is 10.1 Å². The molecule has 0 radical (unpaired) electrons. The van der Waals surface area contributed by atoms with Crippen LogP contribution < -0.4 is 0 Å². The van der Waals surface area contributed by atoms with Crippen LogP contribution in [0.1, 0.15) is 16.7 Å². The maximum absolute atomic E-state index is 11.4. The SMILES string of the molecule is O=[N+]([O-])c1ccccc1C(=Cc1ccc(O)cc1O)c1ccncc1. The lowest BCUT2D eigenvalue weighted by atomic mass is 9.95. The maximum Gasteiger partial charge on any atom is 0.277 e. The third kappa shape index (κ3) is 3.48. The minimum Gasteiger partial charge on any atom is -0.508 e. The van der Waals surface area contributed by atoms with Gasteiger partial charge in [-0.3, -0.25) is 15.1 Å². The van der Waals surface area contributed by atoms with Gasteiger partial charge in [0.05, 0.1) is 10.5 Å². The summed E-state index contributed by atoms with van der Waals surface area (Å²) in [6, 6.07) is 14.1. The van der Waals surface area contributed by atoms with Crippen molar-refractivity contribution in [1.29, 1.82) is 0 Å². The summed E-state index contributed by atoms with van der Waals surface area (Å²) in [4.78, 5) is 14.9. The lowest BCUT2D eigenvalue weighted by Crippen LogP contribution is -1.96. The van der Waals surface area contributed by atoms with Gasteiger partial charge in [-0.2, -0.15) is 0 Å². The maximum atomic E-state index is 11.4. The van der Waals surface area contributed by atoms with Gasteiger partial charge in [0.2, 0.25) is 0 Å². The third-order valence-corrected chi connectivity index (χ3v) is 3.70. The first kappa shape index (κ1) is 16.2. The number of pyridine rings is 1. The van der Waals surface area contributed by atoms with Crippen LogP contribution in [0.15, 0.2) is 67.0 Å². The summed E-state index contributed by atoms with van der Waals surface area (Å²) in [5.74, 6) is -0.184. The Bertz CT molecular complexity index is 953. The van der Waals surface area contributed by atoms with Crippen molar-refractivity contribution >= 4 is 17.3 Å². The molecule has 0 unspecified atom stereocenters. The van der Waals surface area contributed by atoms with Crippen LogP contribution in [-0.2, 0) is 0 Å². The molecule has 25 heavy (non-hydrogen) atoms. The number of phenolic OH excluding ortho intramolecular Hbond substituents is 2. The second-order valence-corrected chi connectivity index (χ2v) is 5.31. The molecule has 0 saturated heterocycles. The molecular weight excluding hydrogens is 320 g/mol. The zero-order valence-electron chi connectivity index (χ0n) is 13.0. The number of nitrogens with zero attached hydrogens (tertiary/aromatic N) is 2. The van der Waals surface area contributed by atoms with Gasteiger partial charge in [-0.1, -0.05) is 12.1 Å². The van der Waals surface area contributed by atoms with E-state index in [1.807, 2.05) is 0 Å². The summed E-state index contributed by atoms with van der Waals surface area (Å²) in [5.41, 5.74) is 2.10. The van der Waals surface area contributed by atoms with E-state index >= 15 is 0 Å². The van der Waals surface area contributed by atoms with Crippen LogP contribution >= 0.6 is 0 Å². The number of phenols is 2. The Morgan fingerprint density at radius 3 is 2.44 bits per heavy atom. The molecule has 1 heterocycles. The van der Waals surface area contributed by atoms with Gasteiger partial charge in [0.25, 0.3) is 5.69 Å². The molecule has 0 aliphatic carbocycles. The first-order valence-corrected chi connectivity index (χ1v) is 7.44. The van der Waals surface area contributed by atoms with Crippen molar-refractivity contribution in [3.63, 3.8) is 0 Å². The molecule has 124 valence electrons. The molecule has 3 rings (SSSR count). The molecule has 6 nitrogen and oxygen atoms in total. The molecule has 0 spiro atoms. The minimum absolute atomic E-state index is 0.0381. The predicted octanol–water partition coefficient (Wildman–Crippen LogP) is 3.99. The Hall–Kier alpha value is -3.67. The Kier molecular flexibility index (Phi) is 4.43. The molecular formula is C19H14N2O4. The quantitative estimate of drug-likeness (QED) is 0.427. The molecule has 0 aliphatic rings. The molecule has 0 aliphatic heterocycles. The van der Waals surface area contributed by atoms with Gasteiger partial charge in [0, 0.05) is 30.1 Å². The summed E-state index contributed by atoms with van der Waals surface area (Å²) in [6.07, 6.45) is 4.83. The molecule has 0 amide bonds. The summed E-state index contributed by atoms with van der Waals surface area (Å²) in [7, 11) is 0. The van der Waals surface area contributed by atoms with Crippen molar-refractivity contribution in [2.24, 2.45) is 0 Å². The number of nitro benzene ring substituents is 1. The van der Waals surface area contributed by atoms with Crippen LogP contribution in [0.3, 0.4) is 0 Å². The highest BCUT2D eigenvalue weighted by atomic mass is 16.6. The van der Waals surface area contributed by atoms with Crippen molar-refractivity contribution in [1.82, 2.24) is 4.98 Å². The molecule has 3 aromatic rings. The van der Waals surface area contributed by atoms with Crippen LogP contribution in [-0.4, -0.2) is 20.1 Å². The molecule has 0 bridgehead atoms. The van der Waals surface area contributed by atoms with E-state index in [-0.39, 0.29) is 17.2 Å². The lowest BCUT2D eigenvalue weighted by Gasteiger charge is -2.10. The number of rotatable bonds is 4. The van der Waals surface area contributed by atoms with Crippen LogP contribution in [0.4, 0.5) is 5.69 Å². The fourth-order valence-electron chi connectivity index (χ4n) is 2.52. The van der Waals surface area contributed by atoms with E-state index in [0.717, 1.165) is 5.56 Å². The Balaban J connectivity index is 2.25. The topological polar surface area (TPSA) is 96.5 Å². The van der Waals surface area contributed by atoms with Crippen molar-refractivity contribution in [3.05, 3.63) is 93.8 Å². The molecule has 6 heteroatoms. The zero-order chi connectivity index (χ0) is 17.8. The van der Waals surface area contributed by atoms with E-state index in [2.05, 4.69) is 4.98 Å². The average Bonchev–Trinajstić information content (AvgIpc) is 2.62. The summed E-state index contributed by atoms with van der Waals surface area (Å²) < 4.78 is 0. The minimum atomic E-state index is -0.443. The van der Waals surface area contributed by atoms with Crippen molar-refractivity contribution < 1.29 is 15.1 Å². The van der Waals surface area contributed by atoms with Gasteiger partial charge >= 0.3 is 0 Å². The molecule has 0 saturated carbocycles. The van der Waals surface area contributed by atoms with E-state index < -0.39 is 4.92 Å². The van der Waals surface area contributed by atoms with Crippen LogP contribution in [0.2, 0.25) is 0 Å². The average molecular weight is 334 g/mol. The summed E-state index contributed by atoms with van der Waals surface area (Å²) >= 11 is 0. The first-order valence-electron chi connectivity index (χ1n) is 7.44. The van der Waals surface area contributed by atoms with E-state index in [4.69, 9.17) is 0 Å². The van der Waals surface area contributed by atoms with Gasteiger partial charge in [-0.15, -0.1) is 0 Å². The molecule has 0 atom stereocenters. The van der Waals surface area contributed by atoms with Crippen LogP contribution in [0.25, 0.3) is 11.6 Å². The molecule has 2 aromatic carbocycles. The highest BCUT2D eigenvalue weighted by Crippen LogP contribution is 2.34. The van der Waals surface area contributed by atoms with Gasteiger partial charge in [0.1, 0.15) is 11.5 Å². The van der Waals surface area contributed by atoms with Crippen molar-refractivity contribution in [2.45, 2.75) is 0 Å². The summed E-state index contributed by atoms with van der Waals surface area (Å²) in [6.45, 7) is 0. The van der Waals surface area contributed by atoms with E-state index in [9.17, 15) is 20.3 Å². The molecule has 1 aromatic heterocycles. The summed E-state index contributed by atoms with van der Waals surface area (Å²) in [5, 5.41) is 30.9. The molecule has 0 fully saturated rings. The van der Waals surface area contributed by atoms with Crippen molar-refractivity contribution in [2.75, 3.05) is 0 Å². The van der Waals surface area contributed by atoms with Crippen molar-refractivity contribution in [3.8, 4) is 11.5 Å². The second kappa shape index (κ2) is 6.84. The Morgan fingerprint density at radius 1 is 1.04 bits per heavy atom. The lowest BCUT2D eigenvalue weighted by molar-refractivity contribution is -0.385. The fourth-order valence-corrected chi connectivity index (χ4v) is 2.52. The van der Waals surface area contributed by atoms with E-state index in [1.165, 1.54) is 18.2 Å². The Labute approximate surface area is 143 Å². The zero-order valence-corrected chi connectivity index (χ0v) is 13.0. The standard InChI is InChI=1S/C19H14N2O4/c22-15-6-5-14(19(23)12-15)11-17(13-7-9-20-10-8-13)16-3-1-2-4-18(16)21(24)25/h1-12,22-23H. The largest absolute Gasteiger partial charge is 0.508 e. The van der Waals surface area contributed by atoms with Gasteiger partial charge < -0.3 is 10.2 Å². The van der Waals surface area contributed by atoms with Gasteiger partial charge in [-0.05, 0) is 47.5 Å². The van der Waals surface area contributed by atoms with Crippen LogP contribution in [0.5, 0.6) is 11.5 Å². The number of aromatic hydroxyl groups is 2. The second-order valence-electron chi connectivity index (χ2n) is 5.31. The number of benzene rings is 2. The predicted molar refractivity (Wildman–Crippen MR) is 94.1 cm³/mol. The smallest absolute Gasteiger partial charge is 0.277 e. The first-order chi connectivity index (χ1) is 12.1. The van der Waals surface area contributed by atoms with E-state index in [0.29, 0.717) is 16.7 Å².